The van der Waals surface area contributed by atoms with Crippen LogP contribution in [0.15, 0.2) is 54.6 Å². The van der Waals surface area contributed by atoms with E-state index >= 15 is 0 Å². The molecule has 1 aliphatic carbocycles. The molecule has 2 aromatic carbocycles. The van der Waals surface area contributed by atoms with E-state index in [9.17, 15) is 14.7 Å². The Morgan fingerprint density at radius 2 is 1.72 bits per heavy atom. The number of fused-ring (bicyclic) bond motifs is 1. The number of rotatable bonds is 5. The van der Waals surface area contributed by atoms with Crippen LogP contribution >= 0.6 is 0 Å². The third-order valence-corrected chi connectivity index (χ3v) is 4.58. The van der Waals surface area contributed by atoms with Gasteiger partial charge in [0.15, 0.2) is 0 Å². The van der Waals surface area contributed by atoms with E-state index in [2.05, 4.69) is 10.6 Å². The Labute approximate surface area is 147 Å². The monoisotopic (exact) mass is 338 g/mol. The fourth-order valence-corrected chi connectivity index (χ4v) is 3.24. The Morgan fingerprint density at radius 3 is 2.52 bits per heavy atom. The van der Waals surface area contributed by atoms with Crippen LogP contribution in [0.25, 0.3) is 0 Å². The number of hydrogen-bond donors (Lipinski definition) is 3. The lowest BCUT2D eigenvalue weighted by Crippen LogP contribution is -2.45. The van der Waals surface area contributed by atoms with Crippen molar-refractivity contribution in [1.29, 1.82) is 0 Å². The van der Waals surface area contributed by atoms with Crippen molar-refractivity contribution in [1.82, 2.24) is 10.6 Å². The Morgan fingerprint density at radius 1 is 1.00 bits per heavy atom. The van der Waals surface area contributed by atoms with Crippen molar-refractivity contribution in [3.8, 4) is 0 Å². The van der Waals surface area contributed by atoms with E-state index in [1.54, 1.807) is 24.3 Å². The van der Waals surface area contributed by atoms with Crippen LogP contribution in [0.4, 0.5) is 0 Å². The molecule has 0 radical (unpaired) electrons. The van der Waals surface area contributed by atoms with Gasteiger partial charge in [-0.3, -0.25) is 9.59 Å². The van der Waals surface area contributed by atoms with Gasteiger partial charge in [0.1, 0.15) is 5.60 Å². The van der Waals surface area contributed by atoms with Crippen molar-refractivity contribution in [3.63, 3.8) is 0 Å². The highest BCUT2D eigenvalue weighted by Gasteiger charge is 2.34. The predicted octanol–water partition coefficient (Wildman–Crippen LogP) is 1.76. The van der Waals surface area contributed by atoms with Crippen LogP contribution in [-0.2, 0) is 16.8 Å². The zero-order chi connectivity index (χ0) is 17.7. The second-order valence-electron chi connectivity index (χ2n) is 6.37. The maximum absolute atomic E-state index is 12.0. The van der Waals surface area contributed by atoms with Gasteiger partial charge in [-0.1, -0.05) is 42.5 Å². The number of hydrogen-bond acceptors (Lipinski definition) is 3. The Balaban J connectivity index is 1.54. The van der Waals surface area contributed by atoms with Crippen LogP contribution < -0.4 is 10.6 Å². The first-order valence-corrected chi connectivity index (χ1v) is 8.49. The van der Waals surface area contributed by atoms with E-state index in [1.807, 2.05) is 30.3 Å². The molecule has 1 unspecified atom stereocenters. The third-order valence-electron chi connectivity index (χ3n) is 4.58. The van der Waals surface area contributed by atoms with Gasteiger partial charge >= 0.3 is 0 Å². The fraction of sp³-hybridized carbons (Fsp3) is 0.300. The molecule has 0 saturated heterocycles. The third kappa shape index (κ3) is 4.06. The second-order valence-corrected chi connectivity index (χ2v) is 6.37. The fourth-order valence-electron chi connectivity index (χ4n) is 3.24. The molecule has 2 aromatic rings. The van der Waals surface area contributed by atoms with E-state index in [0.29, 0.717) is 12.0 Å². The Hall–Kier alpha value is -2.66. The highest BCUT2D eigenvalue weighted by Crippen LogP contribution is 2.34. The summed E-state index contributed by atoms with van der Waals surface area (Å²) in [4.78, 5) is 24.0. The first kappa shape index (κ1) is 17.2. The van der Waals surface area contributed by atoms with Crippen LogP contribution in [0.3, 0.4) is 0 Å². The maximum Gasteiger partial charge on any atom is 0.251 e. The zero-order valence-electron chi connectivity index (χ0n) is 14.0. The molecule has 0 aliphatic heterocycles. The molecule has 25 heavy (non-hydrogen) atoms. The molecular formula is C20H22N2O3. The lowest BCUT2D eigenvalue weighted by molar-refractivity contribution is -0.121. The van der Waals surface area contributed by atoms with E-state index in [1.165, 1.54) is 0 Å². The molecule has 2 amide bonds. The van der Waals surface area contributed by atoms with Gasteiger partial charge in [-0.15, -0.1) is 0 Å². The molecule has 1 atom stereocenters. The number of amides is 2. The first-order valence-electron chi connectivity index (χ1n) is 8.49. The van der Waals surface area contributed by atoms with E-state index in [-0.39, 0.29) is 24.9 Å². The number of benzene rings is 2. The highest BCUT2D eigenvalue weighted by molar-refractivity contribution is 5.96. The molecule has 5 nitrogen and oxygen atoms in total. The van der Waals surface area contributed by atoms with E-state index in [0.717, 1.165) is 24.0 Å². The minimum atomic E-state index is -1.05. The topological polar surface area (TPSA) is 78.4 Å². The summed E-state index contributed by atoms with van der Waals surface area (Å²) in [5, 5.41) is 16.2. The SMILES string of the molecule is O=C(CNC(=O)c1ccccc1)NCC1(O)CCCc2ccccc21. The smallest absolute Gasteiger partial charge is 0.251 e. The molecule has 130 valence electrons. The Bertz CT molecular complexity index is 761. The molecule has 5 heteroatoms. The zero-order valence-corrected chi connectivity index (χ0v) is 14.0. The molecule has 3 N–H and O–H groups in total. The van der Waals surface area contributed by atoms with Crippen LogP contribution in [-0.4, -0.2) is 30.0 Å². The number of carbonyl (C=O) groups is 2. The molecule has 0 heterocycles. The van der Waals surface area contributed by atoms with Crippen LogP contribution in [0.5, 0.6) is 0 Å². The quantitative estimate of drug-likeness (QED) is 0.777. The molecule has 1 aliphatic rings. The molecule has 0 saturated carbocycles. The molecule has 0 spiro atoms. The predicted molar refractivity (Wildman–Crippen MR) is 95.1 cm³/mol. The molecule has 3 rings (SSSR count). The molecule has 0 aromatic heterocycles. The second kappa shape index (κ2) is 7.49. The minimum absolute atomic E-state index is 0.120. The lowest BCUT2D eigenvalue weighted by Gasteiger charge is -2.34. The number of aryl methyl sites for hydroxylation is 1. The summed E-state index contributed by atoms with van der Waals surface area (Å²) < 4.78 is 0. The lowest BCUT2D eigenvalue weighted by atomic mass is 9.79. The summed E-state index contributed by atoms with van der Waals surface area (Å²) in [6.45, 7) is 0.0233. The van der Waals surface area contributed by atoms with Crippen molar-refractivity contribution >= 4 is 11.8 Å². The normalized spacial score (nSPS) is 18.9. The van der Waals surface area contributed by atoms with Gasteiger partial charge in [0.25, 0.3) is 5.91 Å². The Kier molecular flexibility index (Phi) is 5.14. The average Bonchev–Trinajstić information content (AvgIpc) is 2.66. The number of carbonyl (C=O) groups excluding carboxylic acids is 2. The largest absolute Gasteiger partial charge is 0.383 e. The summed E-state index contributed by atoms with van der Waals surface area (Å²) in [6, 6.07) is 16.5. The summed E-state index contributed by atoms with van der Waals surface area (Å²) in [5.74, 6) is -0.613. The highest BCUT2D eigenvalue weighted by atomic mass is 16.3. The van der Waals surface area contributed by atoms with Crippen molar-refractivity contribution in [2.75, 3.05) is 13.1 Å². The van der Waals surface area contributed by atoms with Gasteiger partial charge in [-0.2, -0.15) is 0 Å². The van der Waals surface area contributed by atoms with Crippen LogP contribution in [0.1, 0.15) is 34.3 Å². The maximum atomic E-state index is 12.0. The van der Waals surface area contributed by atoms with Gasteiger partial charge < -0.3 is 15.7 Å². The van der Waals surface area contributed by atoms with Gasteiger partial charge in [-0.25, -0.2) is 0 Å². The standard InChI is InChI=1S/C20H22N2O3/c23-18(13-21-19(24)16-8-2-1-3-9-16)22-14-20(25)12-6-10-15-7-4-5-11-17(15)20/h1-5,7-9,11,25H,6,10,12-14H2,(H,21,24)(H,22,23). The van der Waals surface area contributed by atoms with Crippen LogP contribution in [0.2, 0.25) is 0 Å². The summed E-state index contributed by atoms with van der Waals surface area (Å²) in [6.07, 6.45) is 2.44. The molecule has 0 bridgehead atoms. The molecule has 0 fully saturated rings. The summed E-state index contributed by atoms with van der Waals surface area (Å²) in [7, 11) is 0. The van der Waals surface area contributed by atoms with Gasteiger partial charge in [0, 0.05) is 5.56 Å². The van der Waals surface area contributed by atoms with Crippen molar-refractivity contribution in [2.45, 2.75) is 24.9 Å². The van der Waals surface area contributed by atoms with E-state index < -0.39 is 5.60 Å². The van der Waals surface area contributed by atoms with Gasteiger partial charge in [0.2, 0.25) is 5.91 Å². The average molecular weight is 338 g/mol. The summed E-state index contributed by atoms with van der Waals surface area (Å²) in [5.41, 5.74) is 1.47. The van der Waals surface area contributed by atoms with Crippen molar-refractivity contribution < 1.29 is 14.7 Å². The van der Waals surface area contributed by atoms with Crippen molar-refractivity contribution in [2.24, 2.45) is 0 Å². The van der Waals surface area contributed by atoms with Crippen LogP contribution in [0, 0.1) is 0 Å². The number of nitrogens with one attached hydrogen (secondary N) is 2. The minimum Gasteiger partial charge on any atom is -0.383 e. The van der Waals surface area contributed by atoms with Gasteiger partial charge in [0.05, 0.1) is 13.1 Å². The first-order chi connectivity index (χ1) is 12.1. The number of aliphatic hydroxyl groups is 1. The summed E-state index contributed by atoms with van der Waals surface area (Å²) >= 11 is 0. The van der Waals surface area contributed by atoms with Crippen molar-refractivity contribution in [3.05, 3.63) is 71.3 Å². The van der Waals surface area contributed by atoms with Gasteiger partial charge in [-0.05, 0) is 42.5 Å². The molecular weight excluding hydrogens is 316 g/mol. The van der Waals surface area contributed by atoms with E-state index in [4.69, 9.17) is 0 Å².